The number of nitrogens with one attached hydrogen (secondary N) is 2. The number of aromatic nitrogens is 3. The maximum atomic E-state index is 12.2. The van der Waals surface area contributed by atoms with Crippen molar-refractivity contribution in [1.82, 2.24) is 20.3 Å². The molecule has 1 aliphatic rings. The third kappa shape index (κ3) is 3.51. The molecule has 0 radical (unpaired) electrons. The number of aryl methyl sites for hydroxylation is 2. The van der Waals surface area contributed by atoms with Crippen LogP contribution in [0.4, 0.5) is 10.5 Å². The third-order valence-corrected chi connectivity index (χ3v) is 5.15. The van der Waals surface area contributed by atoms with Gasteiger partial charge >= 0.3 is 6.03 Å². The minimum atomic E-state index is -0.311. The van der Waals surface area contributed by atoms with Gasteiger partial charge in [-0.05, 0) is 48.6 Å². The highest BCUT2D eigenvalue weighted by Crippen LogP contribution is 2.27. The number of urea groups is 1. The van der Waals surface area contributed by atoms with Crippen LogP contribution in [0.1, 0.15) is 47.7 Å². The number of carbonyl (C=O) groups is 1. The van der Waals surface area contributed by atoms with Crippen LogP contribution in [0.25, 0.3) is 11.2 Å². The minimum absolute atomic E-state index is 0.311. The Kier molecular flexibility index (Phi) is 4.66. The van der Waals surface area contributed by atoms with Crippen LogP contribution < -0.4 is 10.3 Å². The average molecular weight is 388 g/mol. The molecular formula is C22H24N6O. The van der Waals surface area contributed by atoms with E-state index in [9.17, 15) is 4.79 Å². The van der Waals surface area contributed by atoms with Crippen molar-refractivity contribution in [2.75, 3.05) is 5.01 Å². The standard InChI is InChI=1S/C22H24N6O/c1-12(2)19-11-24-21-20(19)27-16(10-23-21)8-18-13(3)6-17(7-14(18)4)28-22(29)26-15(5)9-25-28/h6-7,9-12H,5,8H2,1-4H3,(H,23,24)(H,26,29). The molecule has 2 N–H and O–H groups in total. The zero-order valence-corrected chi connectivity index (χ0v) is 17.1. The summed E-state index contributed by atoms with van der Waals surface area (Å²) in [5.41, 5.74) is 8.38. The lowest BCUT2D eigenvalue weighted by Gasteiger charge is -2.23. The van der Waals surface area contributed by atoms with E-state index in [4.69, 9.17) is 4.98 Å². The molecule has 0 saturated heterocycles. The van der Waals surface area contributed by atoms with Gasteiger partial charge in [-0.25, -0.2) is 14.8 Å². The lowest BCUT2D eigenvalue weighted by Crippen LogP contribution is -2.40. The number of nitrogens with zero attached hydrogens (tertiary/aromatic N) is 4. The minimum Gasteiger partial charge on any atom is -0.345 e. The molecular weight excluding hydrogens is 364 g/mol. The summed E-state index contributed by atoms with van der Waals surface area (Å²) in [5, 5.41) is 8.20. The summed E-state index contributed by atoms with van der Waals surface area (Å²) in [6.45, 7) is 12.1. The van der Waals surface area contributed by atoms with E-state index in [2.05, 4.69) is 40.8 Å². The van der Waals surface area contributed by atoms with E-state index < -0.39 is 0 Å². The molecule has 0 spiro atoms. The predicted octanol–water partition coefficient (Wildman–Crippen LogP) is 4.32. The molecule has 0 saturated carbocycles. The molecule has 1 aliphatic heterocycles. The molecule has 0 fully saturated rings. The SMILES string of the molecule is C=C1C=NN(c2cc(C)c(Cc3cnc4[nH]cc(C(C)C)c4n3)c(C)c2)C(=O)N1. The lowest BCUT2D eigenvalue weighted by atomic mass is 9.97. The summed E-state index contributed by atoms with van der Waals surface area (Å²) in [7, 11) is 0. The monoisotopic (exact) mass is 388 g/mol. The van der Waals surface area contributed by atoms with Crippen LogP contribution >= 0.6 is 0 Å². The normalized spacial score (nSPS) is 14.2. The van der Waals surface area contributed by atoms with Gasteiger partial charge in [0.25, 0.3) is 0 Å². The Morgan fingerprint density at radius 3 is 2.59 bits per heavy atom. The molecule has 7 nitrogen and oxygen atoms in total. The summed E-state index contributed by atoms with van der Waals surface area (Å²) in [6, 6.07) is 3.62. The molecule has 1 aromatic carbocycles. The number of carbonyl (C=O) groups excluding carboxylic acids is 1. The van der Waals surface area contributed by atoms with Gasteiger partial charge in [-0.1, -0.05) is 20.4 Å². The highest BCUT2D eigenvalue weighted by atomic mass is 16.2. The second-order valence-corrected chi connectivity index (χ2v) is 7.70. The van der Waals surface area contributed by atoms with Gasteiger partial charge in [-0.15, -0.1) is 0 Å². The smallest absolute Gasteiger partial charge is 0.345 e. The first-order valence-corrected chi connectivity index (χ1v) is 9.60. The molecule has 3 heterocycles. The van der Waals surface area contributed by atoms with Crippen molar-refractivity contribution in [1.29, 1.82) is 0 Å². The van der Waals surface area contributed by atoms with Crippen LogP contribution in [0, 0.1) is 13.8 Å². The number of hydrazone groups is 1. The zero-order chi connectivity index (χ0) is 20.7. The van der Waals surface area contributed by atoms with E-state index in [1.54, 1.807) is 0 Å². The fraction of sp³-hybridized carbons (Fsp3) is 0.273. The first-order valence-electron chi connectivity index (χ1n) is 9.60. The highest BCUT2D eigenvalue weighted by molar-refractivity contribution is 6.01. The number of amides is 2. The molecule has 4 rings (SSSR count). The van der Waals surface area contributed by atoms with Crippen molar-refractivity contribution in [3.8, 4) is 0 Å². The molecule has 0 aliphatic carbocycles. The molecule has 3 aromatic rings. The van der Waals surface area contributed by atoms with Crippen LogP contribution in [0.15, 0.2) is 41.9 Å². The number of benzene rings is 1. The molecule has 2 amide bonds. The Morgan fingerprint density at radius 2 is 1.93 bits per heavy atom. The molecule has 29 heavy (non-hydrogen) atoms. The van der Waals surface area contributed by atoms with Gasteiger partial charge in [-0.2, -0.15) is 10.1 Å². The summed E-state index contributed by atoms with van der Waals surface area (Å²) in [4.78, 5) is 24.8. The molecule has 7 heteroatoms. The van der Waals surface area contributed by atoms with Crippen LogP contribution in [0.5, 0.6) is 0 Å². The Balaban J connectivity index is 1.67. The summed E-state index contributed by atoms with van der Waals surface area (Å²) in [6.07, 6.45) is 6.02. The maximum absolute atomic E-state index is 12.2. The Bertz CT molecular complexity index is 1130. The van der Waals surface area contributed by atoms with Crippen molar-refractivity contribution in [3.05, 3.63) is 64.8 Å². The van der Waals surface area contributed by atoms with Crippen molar-refractivity contribution in [3.63, 3.8) is 0 Å². The predicted molar refractivity (Wildman–Crippen MR) is 115 cm³/mol. The van der Waals surface area contributed by atoms with Crippen LogP contribution in [-0.2, 0) is 6.42 Å². The third-order valence-electron chi connectivity index (χ3n) is 5.15. The number of rotatable bonds is 4. The Morgan fingerprint density at radius 1 is 1.21 bits per heavy atom. The van der Waals surface area contributed by atoms with E-state index in [-0.39, 0.29) is 6.03 Å². The van der Waals surface area contributed by atoms with Gasteiger partial charge in [0, 0.05) is 18.2 Å². The first kappa shape index (κ1) is 18.9. The summed E-state index contributed by atoms with van der Waals surface area (Å²) in [5.74, 6) is 0.378. The number of H-pyrrole nitrogens is 1. The van der Waals surface area contributed by atoms with Gasteiger partial charge in [0.2, 0.25) is 0 Å². The fourth-order valence-corrected chi connectivity index (χ4v) is 3.61. The number of allylic oxidation sites excluding steroid dienone is 1. The van der Waals surface area contributed by atoms with Crippen molar-refractivity contribution in [2.45, 2.75) is 40.0 Å². The van der Waals surface area contributed by atoms with Gasteiger partial charge in [0.1, 0.15) is 5.52 Å². The molecule has 0 atom stereocenters. The Hall–Kier alpha value is -3.48. The second-order valence-electron chi connectivity index (χ2n) is 7.70. The number of fused-ring (bicyclic) bond motifs is 1. The zero-order valence-electron chi connectivity index (χ0n) is 17.1. The quantitative estimate of drug-likeness (QED) is 0.698. The number of anilines is 1. The van der Waals surface area contributed by atoms with Gasteiger partial charge in [0.05, 0.1) is 29.5 Å². The molecule has 148 valence electrons. The van der Waals surface area contributed by atoms with E-state index in [1.807, 2.05) is 38.4 Å². The van der Waals surface area contributed by atoms with E-state index in [1.165, 1.54) is 22.4 Å². The van der Waals surface area contributed by atoms with Crippen molar-refractivity contribution < 1.29 is 4.79 Å². The maximum Gasteiger partial charge on any atom is 0.347 e. The number of hydrogen-bond donors (Lipinski definition) is 2. The molecule has 0 bridgehead atoms. The second kappa shape index (κ2) is 7.16. The van der Waals surface area contributed by atoms with Crippen LogP contribution in [0.3, 0.4) is 0 Å². The van der Waals surface area contributed by atoms with E-state index in [0.29, 0.717) is 18.0 Å². The van der Waals surface area contributed by atoms with Gasteiger partial charge < -0.3 is 10.3 Å². The number of aromatic amines is 1. The molecule has 2 aromatic heterocycles. The largest absolute Gasteiger partial charge is 0.347 e. The van der Waals surface area contributed by atoms with Gasteiger partial charge in [0.15, 0.2) is 5.65 Å². The van der Waals surface area contributed by atoms with E-state index in [0.717, 1.165) is 33.7 Å². The fourth-order valence-electron chi connectivity index (χ4n) is 3.61. The van der Waals surface area contributed by atoms with Crippen LogP contribution in [-0.4, -0.2) is 27.2 Å². The lowest BCUT2D eigenvalue weighted by molar-refractivity contribution is 0.248. The topological polar surface area (TPSA) is 86.3 Å². The van der Waals surface area contributed by atoms with Crippen molar-refractivity contribution >= 4 is 29.1 Å². The summed E-state index contributed by atoms with van der Waals surface area (Å²) < 4.78 is 0. The van der Waals surface area contributed by atoms with Crippen molar-refractivity contribution in [2.24, 2.45) is 5.10 Å². The average Bonchev–Trinajstić information content (AvgIpc) is 3.08. The summed E-state index contributed by atoms with van der Waals surface area (Å²) >= 11 is 0. The first-order chi connectivity index (χ1) is 13.8. The van der Waals surface area contributed by atoms with Gasteiger partial charge in [-0.3, -0.25) is 0 Å². The van der Waals surface area contributed by atoms with E-state index >= 15 is 0 Å². The highest BCUT2D eigenvalue weighted by Gasteiger charge is 2.20. The Labute approximate surface area is 169 Å². The number of hydrogen-bond acceptors (Lipinski definition) is 4. The molecule has 0 unspecified atom stereocenters. The van der Waals surface area contributed by atoms with Crippen LogP contribution in [0.2, 0.25) is 0 Å².